The normalized spacial score (nSPS) is 14.8. The van der Waals surface area contributed by atoms with Crippen molar-refractivity contribution in [2.24, 2.45) is 7.05 Å². The molecule has 0 unspecified atom stereocenters. The van der Waals surface area contributed by atoms with Crippen LogP contribution in [0, 0.1) is 0 Å². The molecule has 126 valence electrons. The number of aromatic carboxylic acids is 1. The van der Waals surface area contributed by atoms with Gasteiger partial charge in [0.05, 0.1) is 5.69 Å². The van der Waals surface area contributed by atoms with Gasteiger partial charge in [-0.1, -0.05) is 12.1 Å². The quantitative estimate of drug-likeness (QED) is 0.935. The molecule has 0 spiro atoms. The minimum Gasteiger partial charge on any atom is -0.476 e. The maximum atomic E-state index is 12.5. The first-order valence-corrected chi connectivity index (χ1v) is 7.84. The third kappa shape index (κ3) is 2.73. The zero-order valence-corrected chi connectivity index (χ0v) is 13.9. The third-order valence-corrected chi connectivity index (χ3v) is 4.22. The number of aromatic nitrogens is 2. The lowest BCUT2D eigenvalue weighted by Gasteiger charge is -2.22. The largest absolute Gasteiger partial charge is 0.476 e. The van der Waals surface area contributed by atoms with E-state index in [-0.39, 0.29) is 17.8 Å². The maximum Gasteiger partial charge on any atom is 0.356 e. The Balaban J connectivity index is 1.93. The lowest BCUT2D eigenvalue weighted by molar-refractivity contribution is 0.0689. The number of urea groups is 1. The Labute approximate surface area is 140 Å². The van der Waals surface area contributed by atoms with Gasteiger partial charge in [-0.2, -0.15) is 5.10 Å². The van der Waals surface area contributed by atoms with Gasteiger partial charge in [0.2, 0.25) is 0 Å². The van der Waals surface area contributed by atoms with Crippen LogP contribution >= 0.6 is 0 Å². The van der Waals surface area contributed by atoms with Gasteiger partial charge in [0.15, 0.2) is 5.69 Å². The molecule has 2 heterocycles. The van der Waals surface area contributed by atoms with E-state index in [0.717, 1.165) is 11.3 Å². The molecular formula is C17H20N4O3. The van der Waals surface area contributed by atoms with Crippen LogP contribution in [0.1, 0.15) is 24.3 Å². The molecule has 7 nitrogen and oxygen atoms in total. The van der Waals surface area contributed by atoms with Gasteiger partial charge in [-0.15, -0.1) is 0 Å². The van der Waals surface area contributed by atoms with Gasteiger partial charge in [0, 0.05) is 37.4 Å². The number of benzene rings is 1. The Hall–Kier alpha value is -2.83. The Morgan fingerprint density at radius 3 is 2.58 bits per heavy atom. The van der Waals surface area contributed by atoms with Gasteiger partial charge in [-0.3, -0.25) is 9.58 Å². The van der Waals surface area contributed by atoms with E-state index in [1.54, 1.807) is 11.9 Å². The Morgan fingerprint density at radius 2 is 2.00 bits per heavy atom. The molecule has 2 amide bonds. The molecule has 1 saturated heterocycles. The van der Waals surface area contributed by atoms with Crippen LogP contribution in [-0.2, 0) is 7.05 Å². The summed E-state index contributed by atoms with van der Waals surface area (Å²) in [5, 5.41) is 13.1. The molecule has 2 aromatic rings. The van der Waals surface area contributed by atoms with Crippen LogP contribution in [0.2, 0.25) is 0 Å². The number of hydrogen-bond donors (Lipinski definition) is 1. The number of nitrogens with zero attached hydrogens (tertiary/aromatic N) is 4. The fourth-order valence-corrected chi connectivity index (χ4v) is 2.95. The molecule has 0 aliphatic carbocycles. The van der Waals surface area contributed by atoms with E-state index in [1.165, 1.54) is 10.7 Å². The number of carbonyl (C=O) groups excluding carboxylic acids is 1. The molecule has 3 rings (SSSR count). The highest BCUT2D eigenvalue weighted by molar-refractivity contribution is 5.95. The second-order valence-electron chi connectivity index (χ2n) is 6.12. The second-order valence-corrected chi connectivity index (χ2v) is 6.12. The van der Waals surface area contributed by atoms with Crippen LogP contribution in [0.3, 0.4) is 0 Å². The molecule has 1 aliphatic rings. The zero-order valence-electron chi connectivity index (χ0n) is 13.9. The zero-order chi connectivity index (χ0) is 17.4. The molecule has 0 radical (unpaired) electrons. The average Bonchev–Trinajstić information content (AvgIpc) is 3.10. The highest BCUT2D eigenvalue weighted by Gasteiger charge is 2.31. The number of anilines is 1. The van der Waals surface area contributed by atoms with Gasteiger partial charge in [-0.25, -0.2) is 9.59 Å². The summed E-state index contributed by atoms with van der Waals surface area (Å²) >= 11 is 0. The van der Waals surface area contributed by atoms with E-state index < -0.39 is 5.97 Å². The monoisotopic (exact) mass is 328 g/mol. The fraction of sp³-hybridized carbons (Fsp3) is 0.353. The summed E-state index contributed by atoms with van der Waals surface area (Å²) in [5.41, 5.74) is 2.33. The van der Waals surface area contributed by atoms with Crippen LogP contribution in [0.5, 0.6) is 0 Å². The number of aryl methyl sites for hydroxylation is 1. The van der Waals surface area contributed by atoms with Crippen molar-refractivity contribution in [1.29, 1.82) is 0 Å². The van der Waals surface area contributed by atoms with Gasteiger partial charge in [0.25, 0.3) is 0 Å². The summed E-state index contributed by atoms with van der Waals surface area (Å²) in [6.07, 6.45) is 0. The van der Waals surface area contributed by atoms with Crippen LogP contribution in [0.25, 0.3) is 11.3 Å². The molecule has 24 heavy (non-hydrogen) atoms. The number of carboxylic acid groups (broad SMARTS) is 1. The summed E-state index contributed by atoms with van der Waals surface area (Å²) in [6, 6.07) is 9.23. The smallest absolute Gasteiger partial charge is 0.356 e. The van der Waals surface area contributed by atoms with Gasteiger partial charge >= 0.3 is 12.0 Å². The first kappa shape index (κ1) is 16.0. The molecule has 1 N–H and O–H groups in total. The van der Waals surface area contributed by atoms with Crippen molar-refractivity contribution < 1.29 is 14.7 Å². The predicted octanol–water partition coefficient (Wildman–Crippen LogP) is 2.44. The van der Waals surface area contributed by atoms with Crippen molar-refractivity contribution in [3.63, 3.8) is 0 Å². The highest BCUT2D eigenvalue weighted by Crippen LogP contribution is 2.27. The van der Waals surface area contributed by atoms with Crippen molar-refractivity contribution in [1.82, 2.24) is 14.7 Å². The second kappa shape index (κ2) is 5.99. The standard InChI is InChI=1S/C17H20N4O3/c1-11(2)20-7-8-21(17(20)24)13-6-4-5-12(9-13)15-10-14(16(22)23)18-19(15)3/h4-6,9-11H,7-8H2,1-3H3,(H,22,23). The van der Waals surface area contributed by atoms with Crippen molar-refractivity contribution in [3.05, 3.63) is 36.0 Å². The first-order valence-electron chi connectivity index (χ1n) is 7.84. The van der Waals surface area contributed by atoms with Crippen molar-refractivity contribution in [2.75, 3.05) is 18.0 Å². The fourth-order valence-electron chi connectivity index (χ4n) is 2.95. The van der Waals surface area contributed by atoms with Gasteiger partial charge in [-0.05, 0) is 32.0 Å². The van der Waals surface area contributed by atoms with Crippen LogP contribution in [0.15, 0.2) is 30.3 Å². The van der Waals surface area contributed by atoms with Crippen LogP contribution in [0.4, 0.5) is 10.5 Å². The lowest BCUT2D eigenvalue weighted by Crippen LogP contribution is -2.36. The molecule has 1 aromatic carbocycles. The van der Waals surface area contributed by atoms with E-state index in [0.29, 0.717) is 18.8 Å². The van der Waals surface area contributed by atoms with Crippen molar-refractivity contribution in [2.45, 2.75) is 19.9 Å². The lowest BCUT2D eigenvalue weighted by atomic mass is 10.1. The van der Waals surface area contributed by atoms with E-state index in [2.05, 4.69) is 5.10 Å². The molecule has 1 aliphatic heterocycles. The number of hydrogen-bond acceptors (Lipinski definition) is 3. The van der Waals surface area contributed by atoms with E-state index in [9.17, 15) is 9.59 Å². The van der Waals surface area contributed by atoms with Gasteiger partial charge in [0.1, 0.15) is 0 Å². The van der Waals surface area contributed by atoms with Crippen LogP contribution < -0.4 is 4.90 Å². The SMILES string of the molecule is CC(C)N1CCN(c2cccc(-c3cc(C(=O)O)nn3C)c2)C1=O. The van der Waals surface area contributed by atoms with Crippen molar-refractivity contribution >= 4 is 17.7 Å². The summed E-state index contributed by atoms with van der Waals surface area (Å²) in [6.45, 7) is 5.35. The summed E-state index contributed by atoms with van der Waals surface area (Å²) in [7, 11) is 1.70. The third-order valence-electron chi connectivity index (χ3n) is 4.22. The molecule has 7 heteroatoms. The minimum absolute atomic E-state index is 0.00105. The van der Waals surface area contributed by atoms with Crippen LogP contribution in [-0.4, -0.2) is 50.9 Å². The Bertz CT molecular complexity index is 797. The highest BCUT2D eigenvalue weighted by atomic mass is 16.4. The average molecular weight is 328 g/mol. The number of carbonyl (C=O) groups is 2. The predicted molar refractivity (Wildman–Crippen MR) is 90.2 cm³/mol. The molecule has 0 saturated carbocycles. The summed E-state index contributed by atoms with van der Waals surface area (Å²) < 4.78 is 1.54. The van der Waals surface area contributed by atoms with Crippen molar-refractivity contribution in [3.8, 4) is 11.3 Å². The topological polar surface area (TPSA) is 78.7 Å². The van der Waals surface area contributed by atoms with E-state index in [4.69, 9.17) is 5.11 Å². The minimum atomic E-state index is -1.06. The van der Waals surface area contributed by atoms with E-state index in [1.807, 2.05) is 43.0 Å². The van der Waals surface area contributed by atoms with Gasteiger partial charge < -0.3 is 10.0 Å². The maximum absolute atomic E-state index is 12.5. The number of rotatable bonds is 4. The van der Waals surface area contributed by atoms with E-state index >= 15 is 0 Å². The Kier molecular flexibility index (Phi) is 4.01. The molecular weight excluding hydrogens is 308 g/mol. The molecule has 1 fully saturated rings. The molecule has 0 bridgehead atoms. The Morgan fingerprint density at radius 1 is 1.25 bits per heavy atom. The number of carboxylic acids is 1. The molecule has 1 aromatic heterocycles. The molecule has 0 atom stereocenters. The summed E-state index contributed by atoms with van der Waals surface area (Å²) in [4.78, 5) is 27.2. The summed E-state index contributed by atoms with van der Waals surface area (Å²) in [5.74, 6) is -1.06. The first-order chi connectivity index (χ1) is 11.4. The number of amides is 2.